The van der Waals surface area contributed by atoms with Crippen LogP contribution in [-0.4, -0.2) is 47.9 Å². The molecule has 0 aliphatic carbocycles. The normalized spacial score (nSPS) is 33.3. The van der Waals surface area contributed by atoms with Crippen molar-refractivity contribution >= 4 is 11.6 Å². The molecule has 0 saturated carbocycles. The molecule has 0 spiro atoms. The maximum Gasteiger partial charge on any atom is 0.350 e. The standard InChI is InChI=1S/C12H14ClN3O5/c1-3-4-12(13)8(18)7(6(2)17)21-9(12)16-5-14-10(19)15-11(16)20/h5-9,17-18H,1-2H3,(H,15,19,20)/t6-,7+,8-,9+,12?/m0/s1. The van der Waals surface area contributed by atoms with Crippen LogP contribution in [0.3, 0.4) is 0 Å². The second-order valence-electron chi connectivity index (χ2n) is 4.67. The lowest BCUT2D eigenvalue weighted by Gasteiger charge is -2.25. The lowest BCUT2D eigenvalue weighted by molar-refractivity contribution is -0.0776. The lowest BCUT2D eigenvalue weighted by Crippen LogP contribution is -2.45. The number of aromatic amines is 1. The highest BCUT2D eigenvalue weighted by molar-refractivity contribution is 6.27. The van der Waals surface area contributed by atoms with E-state index in [1.807, 2.05) is 4.98 Å². The van der Waals surface area contributed by atoms with Crippen molar-refractivity contribution in [2.24, 2.45) is 0 Å². The summed E-state index contributed by atoms with van der Waals surface area (Å²) in [6.45, 7) is 2.93. The van der Waals surface area contributed by atoms with E-state index < -0.39 is 40.8 Å². The maximum atomic E-state index is 11.8. The first kappa shape index (κ1) is 15.7. The molecular weight excluding hydrogens is 302 g/mol. The number of alkyl halides is 1. The van der Waals surface area contributed by atoms with Crippen molar-refractivity contribution in [3.63, 3.8) is 0 Å². The zero-order valence-corrected chi connectivity index (χ0v) is 12.0. The fourth-order valence-corrected chi connectivity index (χ4v) is 2.58. The average molecular weight is 316 g/mol. The number of aromatic nitrogens is 3. The predicted molar refractivity (Wildman–Crippen MR) is 72.7 cm³/mol. The molecule has 1 aromatic rings. The van der Waals surface area contributed by atoms with Crippen molar-refractivity contribution in [2.75, 3.05) is 0 Å². The first-order valence-electron chi connectivity index (χ1n) is 6.13. The number of hydrogen-bond acceptors (Lipinski definition) is 6. The van der Waals surface area contributed by atoms with Crippen molar-refractivity contribution in [1.29, 1.82) is 0 Å². The van der Waals surface area contributed by atoms with Gasteiger partial charge in [-0.1, -0.05) is 17.5 Å². The summed E-state index contributed by atoms with van der Waals surface area (Å²) in [5.74, 6) is 5.16. The number of hydrogen-bond donors (Lipinski definition) is 3. The fraction of sp³-hybridized carbons (Fsp3) is 0.583. The van der Waals surface area contributed by atoms with Gasteiger partial charge in [0, 0.05) is 0 Å². The van der Waals surface area contributed by atoms with Crippen LogP contribution in [0.2, 0.25) is 0 Å². The SMILES string of the molecule is CC#CC1(Cl)[C@@H](O)[C@@H]([C@H](C)O)O[C@H]1n1cnc(=O)[nH]c1=O. The summed E-state index contributed by atoms with van der Waals surface area (Å²) in [7, 11) is 0. The summed E-state index contributed by atoms with van der Waals surface area (Å²) in [4.78, 5) is 26.6. The monoisotopic (exact) mass is 315 g/mol. The van der Waals surface area contributed by atoms with Gasteiger partial charge in [-0.25, -0.2) is 9.59 Å². The number of H-pyrrole nitrogens is 1. The van der Waals surface area contributed by atoms with E-state index in [0.29, 0.717) is 0 Å². The molecular formula is C12H14ClN3O5. The zero-order valence-electron chi connectivity index (χ0n) is 11.3. The smallest absolute Gasteiger partial charge is 0.350 e. The van der Waals surface area contributed by atoms with Gasteiger partial charge in [-0.05, 0) is 13.8 Å². The molecule has 1 aliphatic rings. The second-order valence-corrected chi connectivity index (χ2v) is 5.29. The van der Waals surface area contributed by atoms with Crippen molar-refractivity contribution in [2.45, 2.75) is 43.3 Å². The Hall–Kier alpha value is -1.66. The highest BCUT2D eigenvalue weighted by atomic mass is 35.5. The maximum absolute atomic E-state index is 11.8. The third-order valence-corrected chi connectivity index (χ3v) is 3.68. The number of ether oxygens (including phenoxy) is 1. The summed E-state index contributed by atoms with van der Waals surface area (Å²) in [6, 6.07) is 0. The molecule has 0 aromatic carbocycles. The van der Waals surface area contributed by atoms with Gasteiger partial charge in [-0.3, -0.25) is 9.55 Å². The summed E-state index contributed by atoms with van der Waals surface area (Å²) in [6.07, 6.45) is -3.66. The molecule has 0 amide bonds. The number of nitrogens with one attached hydrogen (secondary N) is 1. The van der Waals surface area contributed by atoms with Gasteiger partial charge < -0.3 is 14.9 Å². The number of nitrogens with zero attached hydrogens (tertiary/aromatic N) is 2. The Kier molecular flexibility index (Phi) is 4.20. The van der Waals surface area contributed by atoms with E-state index in [2.05, 4.69) is 16.8 Å². The molecule has 21 heavy (non-hydrogen) atoms. The first-order valence-corrected chi connectivity index (χ1v) is 6.51. The second kappa shape index (κ2) is 5.61. The Balaban J connectivity index is 2.56. The summed E-state index contributed by atoms with van der Waals surface area (Å²) < 4.78 is 6.40. The van der Waals surface area contributed by atoms with Crippen molar-refractivity contribution in [1.82, 2.24) is 14.5 Å². The molecule has 5 atom stereocenters. The van der Waals surface area contributed by atoms with Crippen molar-refractivity contribution in [3.05, 3.63) is 27.3 Å². The summed E-state index contributed by atoms with van der Waals surface area (Å²) >= 11 is 6.33. The van der Waals surface area contributed by atoms with Gasteiger partial charge in [0.15, 0.2) is 11.1 Å². The van der Waals surface area contributed by atoms with Gasteiger partial charge in [0.2, 0.25) is 0 Å². The number of rotatable bonds is 2. The third-order valence-electron chi connectivity index (χ3n) is 3.18. The van der Waals surface area contributed by atoms with Crippen LogP contribution in [-0.2, 0) is 4.74 Å². The van der Waals surface area contributed by atoms with Gasteiger partial charge in [-0.2, -0.15) is 4.98 Å². The Morgan fingerprint density at radius 2 is 2.29 bits per heavy atom. The first-order chi connectivity index (χ1) is 9.81. The van der Waals surface area contributed by atoms with Crippen LogP contribution in [0.15, 0.2) is 15.9 Å². The molecule has 8 nitrogen and oxygen atoms in total. The number of aliphatic hydroxyl groups is 2. The number of aliphatic hydroxyl groups excluding tert-OH is 2. The molecule has 1 unspecified atom stereocenters. The molecule has 114 valence electrons. The molecule has 0 bridgehead atoms. The minimum Gasteiger partial charge on any atom is -0.391 e. The largest absolute Gasteiger partial charge is 0.391 e. The van der Waals surface area contributed by atoms with E-state index in [1.54, 1.807) is 0 Å². The zero-order chi connectivity index (χ0) is 15.8. The van der Waals surface area contributed by atoms with Crippen LogP contribution in [0.1, 0.15) is 20.1 Å². The Bertz CT molecular complexity index is 703. The van der Waals surface area contributed by atoms with Crippen LogP contribution in [0.25, 0.3) is 0 Å². The van der Waals surface area contributed by atoms with Gasteiger partial charge in [-0.15, -0.1) is 5.92 Å². The van der Waals surface area contributed by atoms with E-state index in [0.717, 1.165) is 10.9 Å². The van der Waals surface area contributed by atoms with Gasteiger partial charge in [0.1, 0.15) is 18.5 Å². The van der Waals surface area contributed by atoms with Crippen LogP contribution in [0.4, 0.5) is 0 Å². The molecule has 0 radical (unpaired) electrons. The molecule has 3 N–H and O–H groups in total. The van der Waals surface area contributed by atoms with E-state index in [1.165, 1.54) is 13.8 Å². The topological polar surface area (TPSA) is 117 Å². The molecule has 1 fully saturated rings. The molecule has 2 rings (SSSR count). The van der Waals surface area contributed by atoms with Gasteiger partial charge >= 0.3 is 11.4 Å². The van der Waals surface area contributed by atoms with Crippen LogP contribution in [0, 0.1) is 11.8 Å². The fourth-order valence-electron chi connectivity index (χ4n) is 2.20. The van der Waals surface area contributed by atoms with Crippen molar-refractivity contribution < 1.29 is 14.9 Å². The highest BCUT2D eigenvalue weighted by Crippen LogP contribution is 2.43. The summed E-state index contributed by atoms with van der Waals surface area (Å²) in [5.41, 5.74) is -1.62. The van der Waals surface area contributed by atoms with Gasteiger partial charge in [0.25, 0.3) is 0 Å². The van der Waals surface area contributed by atoms with Gasteiger partial charge in [0.05, 0.1) is 6.10 Å². The van der Waals surface area contributed by atoms with Crippen molar-refractivity contribution in [3.8, 4) is 11.8 Å². The van der Waals surface area contributed by atoms with Crippen LogP contribution in [0.5, 0.6) is 0 Å². The average Bonchev–Trinajstić information content (AvgIpc) is 2.64. The van der Waals surface area contributed by atoms with E-state index in [-0.39, 0.29) is 0 Å². The Morgan fingerprint density at radius 3 is 2.81 bits per heavy atom. The Labute approximate surface area is 124 Å². The summed E-state index contributed by atoms with van der Waals surface area (Å²) in [5, 5.41) is 19.9. The Morgan fingerprint density at radius 1 is 1.62 bits per heavy atom. The minimum absolute atomic E-state index is 0.804. The van der Waals surface area contributed by atoms with E-state index in [4.69, 9.17) is 16.3 Å². The predicted octanol–water partition coefficient (Wildman–Crippen LogP) is -1.43. The van der Waals surface area contributed by atoms with Crippen LogP contribution >= 0.6 is 11.6 Å². The molecule has 9 heteroatoms. The number of halogens is 1. The quantitative estimate of drug-likeness (QED) is 0.455. The van der Waals surface area contributed by atoms with Crippen LogP contribution < -0.4 is 11.4 Å². The lowest BCUT2D eigenvalue weighted by atomic mass is 9.97. The molecule has 1 aliphatic heterocycles. The minimum atomic E-state index is -1.65. The molecule has 2 heterocycles. The highest BCUT2D eigenvalue weighted by Gasteiger charge is 2.57. The molecule has 1 saturated heterocycles. The van der Waals surface area contributed by atoms with E-state index in [9.17, 15) is 19.8 Å². The third kappa shape index (κ3) is 2.61. The molecule has 1 aromatic heterocycles. The van der Waals surface area contributed by atoms with E-state index >= 15 is 0 Å².